The lowest BCUT2D eigenvalue weighted by Gasteiger charge is -2.31. The van der Waals surface area contributed by atoms with E-state index in [1.807, 2.05) is 29.2 Å². The van der Waals surface area contributed by atoms with E-state index in [9.17, 15) is 0 Å². The fraction of sp³-hybridized carbons (Fsp3) is 0.125. The second-order valence-corrected chi connectivity index (χ2v) is 16.1. The minimum atomic E-state index is -0.975. The van der Waals surface area contributed by atoms with Crippen LogP contribution in [0.5, 0.6) is 0 Å². The first-order valence-electron chi connectivity index (χ1n) is 17.9. The molecule has 0 aliphatic carbocycles. The highest BCUT2D eigenvalue weighted by Gasteiger charge is 2.44. The number of benzene rings is 7. The van der Waals surface area contributed by atoms with Gasteiger partial charge < -0.3 is 0 Å². The monoisotopic (exact) mass is 692 g/mol. The lowest BCUT2D eigenvalue weighted by molar-refractivity contribution is 0.0805. The van der Waals surface area contributed by atoms with E-state index < -0.39 is 7.92 Å². The van der Waals surface area contributed by atoms with Crippen LogP contribution in [0.1, 0.15) is 61.4 Å². The molecule has 7 aromatic carbocycles. The third-order valence-corrected chi connectivity index (χ3v) is 12.4. The Kier molecular flexibility index (Phi) is 9.14. The van der Waals surface area contributed by atoms with Gasteiger partial charge >= 0.3 is 0 Å². The van der Waals surface area contributed by atoms with Crippen molar-refractivity contribution in [3.63, 3.8) is 0 Å². The highest BCUT2D eigenvalue weighted by atomic mass is 31.1. The van der Waals surface area contributed by atoms with E-state index in [2.05, 4.69) is 167 Å². The molecule has 3 nitrogen and oxygen atoms in total. The van der Waals surface area contributed by atoms with Gasteiger partial charge in [-0.3, -0.25) is 14.7 Å². The fourth-order valence-corrected chi connectivity index (χ4v) is 10.3. The molecule has 7 aromatic rings. The zero-order chi connectivity index (χ0) is 35.8. The van der Waals surface area contributed by atoms with Crippen LogP contribution in [0.15, 0.2) is 169 Å². The lowest BCUT2D eigenvalue weighted by Crippen LogP contribution is -2.40. The largest absolute Gasteiger partial charge is 0.282 e. The molecule has 8 rings (SSSR count). The quantitative estimate of drug-likeness (QED) is 0.153. The Hall–Kier alpha value is -5.63. The fourth-order valence-electron chi connectivity index (χ4n) is 7.81. The maximum atomic E-state index is 15.4. The van der Waals surface area contributed by atoms with Crippen LogP contribution in [0, 0.1) is 27.7 Å². The van der Waals surface area contributed by atoms with E-state index in [0.29, 0.717) is 11.4 Å². The number of carbonyl (C=O) groups is 1. The van der Waals surface area contributed by atoms with Gasteiger partial charge in [-0.25, -0.2) is 0 Å². The van der Waals surface area contributed by atoms with Crippen molar-refractivity contribution in [3.05, 3.63) is 208 Å². The van der Waals surface area contributed by atoms with Gasteiger partial charge in [-0.1, -0.05) is 174 Å². The molecule has 0 N–H and O–H groups in total. The summed E-state index contributed by atoms with van der Waals surface area (Å²) in [7, 11) is -0.975. The minimum Gasteiger partial charge on any atom is -0.282 e. The number of carbonyl (C=O) groups excluding carboxylic acids is 1. The molecule has 0 spiro atoms. The second kappa shape index (κ2) is 14.2. The van der Waals surface area contributed by atoms with Crippen molar-refractivity contribution in [2.24, 2.45) is 4.99 Å². The van der Waals surface area contributed by atoms with Crippen LogP contribution in [0.25, 0.3) is 10.8 Å². The minimum absolute atomic E-state index is 0.0564. The molecule has 52 heavy (non-hydrogen) atoms. The summed E-state index contributed by atoms with van der Waals surface area (Å²) in [6, 6.07) is 57.1. The highest BCUT2D eigenvalue weighted by Crippen LogP contribution is 2.46. The number of hydrogen-bond donors (Lipinski definition) is 0. The van der Waals surface area contributed by atoms with Crippen LogP contribution >= 0.6 is 7.92 Å². The topological polar surface area (TPSA) is 32.7 Å². The van der Waals surface area contributed by atoms with Crippen molar-refractivity contribution in [3.8, 4) is 0 Å². The molecule has 1 aliphatic rings. The second-order valence-electron chi connectivity index (χ2n) is 13.9. The molecule has 1 heterocycles. The Labute approximate surface area is 308 Å². The number of hydrogen-bond acceptors (Lipinski definition) is 2. The molecular formula is C48H41N2OP. The molecule has 4 heteroatoms. The summed E-state index contributed by atoms with van der Waals surface area (Å²) in [5.41, 5.74) is 8.52. The zero-order valence-electron chi connectivity index (χ0n) is 30.0. The number of aryl methyl sites for hydroxylation is 4. The number of amides is 1. The average Bonchev–Trinajstić information content (AvgIpc) is 3.56. The van der Waals surface area contributed by atoms with Crippen LogP contribution in [-0.2, 0) is 0 Å². The molecule has 1 aliphatic heterocycles. The van der Waals surface area contributed by atoms with Crippen LogP contribution in [0.4, 0.5) is 0 Å². The summed E-state index contributed by atoms with van der Waals surface area (Å²) < 4.78 is 0. The first-order valence-corrected chi connectivity index (χ1v) is 19.2. The Balaban J connectivity index is 1.40. The van der Waals surface area contributed by atoms with Gasteiger partial charge in [0.2, 0.25) is 0 Å². The van der Waals surface area contributed by atoms with Gasteiger partial charge in [-0.15, -0.1) is 0 Å². The third kappa shape index (κ3) is 6.49. The van der Waals surface area contributed by atoms with Gasteiger partial charge in [-0.2, -0.15) is 0 Å². The zero-order valence-corrected chi connectivity index (χ0v) is 30.9. The standard InChI is InChI=1S/C48H41N2OP/c1-32-25-33(2)28-39(27-32)45-46(40-29-34(3)26-35(4)30-40)50(48(51)38-24-23-36-15-11-12-16-37(36)31-38)47(49-45)43-21-13-14-22-44(43)52(41-17-7-5-8-18-41)42-19-9-6-10-20-42/h5-31,45-46H,1-4H3. The van der Waals surface area contributed by atoms with Crippen molar-refractivity contribution in [2.75, 3.05) is 0 Å². The van der Waals surface area contributed by atoms with Crippen molar-refractivity contribution in [2.45, 2.75) is 39.8 Å². The molecule has 0 saturated heterocycles. The van der Waals surface area contributed by atoms with Crippen molar-refractivity contribution in [1.29, 1.82) is 0 Å². The van der Waals surface area contributed by atoms with Crippen molar-refractivity contribution >= 4 is 46.4 Å². The van der Waals surface area contributed by atoms with E-state index in [1.54, 1.807) is 0 Å². The van der Waals surface area contributed by atoms with Gasteiger partial charge in [0.15, 0.2) is 0 Å². The normalized spacial score (nSPS) is 15.6. The number of amidine groups is 1. The molecule has 1 amide bonds. The van der Waals surface area contributed by atoms with Gasteiger partial charge in [0, 0.05) is 11.1 Å². The van der Waals surface area contributed by atoms with E-state index >= 15 is 4.79 Å². The smallest absolute Gasteiger partial charge is 0.260 e. The van der Waals surface area contributed by atoms with Crippen molar-refractivity contribution in [1.82, 2.24) is 4.90 Å². The summed E-state index contributed by atoms with van der Waals surface area (Å²) in [6.45, 7) is 8.55. The summed E-state index contributed by atoms with van der Waals surface area (Å²) in [5, 5.41) is 5.81. The number of rotatable bonds is 7. The Bertz CT molecular complexity index is 2370. The maximum absolute atomic E-state index is 15.4. The SMILES string of the molecule is Cc1cc(C)cc(C2N=C(c3ccccc3P(c3ccccc3)c3ccccc3)N(C(=O)c3ccc4ccccc4c3)C2c2cc(C)cc(C)c2)c1. The first kappa shape index (κ1) is 33.5. The summed E-state index contributed by atoms with van der Waals surface area (Å²) in [4.78, 5) is 23.1. The van der Waals surface area contributed by atoms with Gasteiger partial charge in [0.1, 0.15) is 11.9 Å². The first-order chi connectivity index (χ1) is 25.3. The molecule has 0 fully saturated rings. The third-order valence-electron chi connectivity index (χ3n) is 9.87. The molecular weight excluding hydrogens is 652 g/mol. The molecule has 0 radical (unpaired) electrons. The van der Waals surface area contributed by atoms with Crippen LogP contribution in [0.3, 0.4) is 0 Å². The summed E-state index contributed by atoms with van der Waals surface area (Å²) in [6.07, 6.45) is 0. The van der Waals surface area contributed by atoms with E-state index in [-0.39, 0.29) is 18.0 Å². The van der Waals surface area contributed by atoms with Crippen LogP contribution < -0.4 is 15.9 Å². The van der Waals surface area contributed by atoms with Crippen LogP contribution in [0.2, 0.25) is 0 Å². The van der Waals surface area contributed by atoms with E-state index in [1.165, 1.54) is 27.0 Å². The summed E-state index contributed by atoms with van der Waals surface area (Å²) >= 11 is 0. The number of fused-ring (bicyclic) bond motifs is 1. The number of nitrogens with zero attached hydrogens (tertiary/aromatic N) is 2. The van der Waals surface area contributed by atoms with Gasteiger partial charge in [0.25, 0.3) is 5.91 Å². The Morgan fingerprint density at radius 3 is 1.67 bits per heavy atom. The molecule has 0 saturated carbocycles. The molecule has 2 atom stereocenters. The molecule has 254 valence electrons. The number of aliphatic imine (C=N–C) groups is 1. The van der Waals surface area contributed by atoms with Crippen molar-refractivity contribution < 1.29 is 4.79 Å². The van der Waals surface area contributed by atoms with Gasteiger partial charge in [0.05, 0.1) is 6.04 Å². The average molecular weight is 693 g/mol. The highest BCUT2D eigenvalue weighted by molar-refractivity contribution is 7.80. The Morgan fingerprint density at radius 1 is 0.538 bits per heavy atom. The predicted octanol–water partition coefficient (Wildman–Crippen LogP) is 10.2. The lowest BCUT2D eigenvalue weighted by atomic mass is 9.90. The maximum Gasteiger partial charge on any atom is 0.260 e. The van der Waals surface area contributed by atoms with E-state index in [4.69, 9.17) is 4.99 Å². The molecule has 0 bridgehead atoms. The Morgan fingerprint density at radius 2 is 1.06 bits per heavy atom. The van der Waals surface area contributed by atoms with Gasteiger partial charge in [-0.05, 0) is 85.6 Å². The molecule has 2 unspecified atom stereocenters. The van der Waals surface area contributed by atoms with Crippen LogP contribution in [-0.4, -0.2) is 16.6 Å². The predicted molar refractivity (Wildman–Crippen MR) is 219 cm³/mol. The molecule has 0 aromatic heterocycles. The summed E-state index contributed by atoms with van der Waals surface area (Å²) in [5.74, 6) is 0.653. The van der Waals surface area contributed by atoms with E-state index in [0.717, 1.165) is 38.6 Å².